The van der Waals surface area contributed by atoms with E-state index in [0.29, 0.717) is 5.01 Å². The molecule has 0 aromatic carbocycles. The van der Waals surface area contributed by atoms with Crippen molar-refractivity contribution in [2.75, 3.05) is 12.4 Å². The summed E-state index contributed by atoms with van der Waals surface area (Å²) >= 11 is 1.32. The van der Waals surface area contributed by atoms with E-state index in [1.165, 1.54) is 23.0 Å². The van der Waals surface area contributed by atoms with Gasteiger partial charge in [-0.2, -0.15) is 0 Å². The first-order valence-electron chi connectivity index (χ1n) is 8.43. The first-order valence-corrected chi connectivity index (χ1v) is 9.31. The van der Waals surface area contributed by atoms with Gasteiger partial charge in [-0.15, -0.1) is 11.3 Å². The summed E-state index contributed by atoms with van der Waals surface area (Å²) in [5, 5.41) is 5.41. The molecule has 0 bridgehead atoms. The number of alkyl halides is 2. The second kappa shape index (κ2) is 7.60. The Bertz CT molecular complexity index is 924. The Morgan fingerprint density at radius 2 is 2.15 bits per heavy atom. The zero-order valence-corrected chi connectivity index (χ0v) is 15.8. The highest BCUT2D eigenvalue weighted by molar-refractivity contribution is 7.13. The summed E-state index contributed by atoms with van der Waals surface area (Å²) < 4.78 is 33.2. The Hall–Kier alpha value is -2.54. The average molecular weight is 395 g/mol. The number of hydrogen-bond acceptors (Lipinski definition) is 6. The Morgan fingerprint density at radius 3 is 2.70 bits per heavy atom. The largest absolute Gasteiger partial charge is 0.489 e. The molecule has 1 aliphatic rings. The van der Waals surface area contributed by atoms with Crippen LogP contribution in [0.25, 0.3) is 15.7 Å². The maximum absolute atomic E-state index is 13.4. The number of thiazole rings is 1. The van der Waals surface area contributed by atoms with Gasteiger partial charge in [-0.25, -0.2) is 29.9 Å². The van der Waals surface area contributed by atoms with Crippen LogP contribution in [-0.4, -0.2) is 33.6 Å². The fourth-order valence-corrected chi connectivity index (χ4v) is 3.81. The highest BCUT2D eigenvalue weighted by Crippen LogP contribution is 2.35. The summed E-state index contributed by atoms with van der Waals surface area (Å²) in [4.78, 5) is 24.9. The summed E-state index contributed by atoms with van der Waals surface area (Å²) in [6, 6.07) is -0.229. The van der Waals surface area contributed by atoms with Crippen LogP contribution in [0.1, 0.15) is 31.4 Å². The Kier molecular flexibility index (Phi) is 5.41. The van der Waals surface area contributed by atoms with Crippen molar-refractivity contribution in [2.45, 2.75) is 51.2 Å². The van der Waals surface area contributed by atoms with Crippen LogP contribution in [0.15, 0.2) is 10.2 Å². The molecule has 10 heteroatoms. The zero-order chi connectivity index (χ0) is 19.6. The van der Waals surface area contributed by atoms with E-state index >= 15 is 0 Å². The third-order valence-electron chi connectivity index (χ3n) is 4.41. The van der Waals surface area contributed by atoms with Crippen LogP contribution in [0.5, 0.6) is 5.75 Å². The van der Waals surface area contributed by atoms with Crippen molar-refractivity contribution >= 4 is 17.2 Å². The van der Waals surface area contributed by atoms with Gasteiger partial charge in [0.1, 0.15) is 0 Å². The lowest BCUT2D eigenvalue weighted by Crippen LogP contribution is -2.33. The van der Waals surface area contributed by atoms with E-state index in [2.05, 4.69) is 20.1 Å². The van der Waals surface area contributed by atoms with Crippen LogP contribution in [0.4, 0.5) is 14.6 Å². The molecule has 0 spiro atoms. The second-order valence-corrected chi connectivity index (χ2v) is 7.28. The second-order valence-electron chi connectivity index (χ2n) is 6.42. The molecule has 2 aromatic rings. The minimum Gasteiger partial charge on any atom is -0.489 e. The molecule has 0 unspecified atom stereocenters. The molecule has 2 heterocycles. The Morgan fingerprint density at radius 1 is 1.44 bits per heavy atom. The fraction of sp³-hybridized carbons (Fsp3) is 0.529. The molecule has 27 heavy (non-hydrogen) atoms. The van der Waals surface area contributed by atoms with E-state index < -0.39 is 11.5 Å². The first kappa shape index (κ1) is 19.2. The van der Waals surface area contributed by atoms with Crippen LogP contribution in [-0.2, 0) is 6.67 Å². The minimum atomic E-state index is -2.64. The van der Waals surface area contributed by atoms with Gasteiger partial charge in [0.25, 0.3) is 6.67 Å². The van der Waals surface area contributed by atoms with Crippen molar-refractivity contribution < 1.29 is 13.5 Å². The van der Waals surface area contributed by atoms with Gasteiger partial charge in [-0.3, -0.25) is 9.64 Å². The van der Waals surface area contributed by atoms with Gasteiger partial charge in [0.2, 0.25) is 11.7 Å². The lowest BCUT2D eigenvalue weighted by atomic mass is 9.92. The number of aromatic nitrogens is 3. The van der Waals surface area contributed by atoms with Crippen molar-refractivity contribution in [2.24, 2.45) is 0 Å². The standard InChI is InChI=1S/C17H19F2N5O2S/c1-10-8-27-15(21-10)14-23-13(12(26-3)16(25)24(14)9-20-2)22-11-4-6-17(18,19)7-5-11/h8,11,22H,4-7,9H2,1,3H3. The molecule has 0 atom stereocenters. The summed E-state index contributed by atoms with van der Waals surface area (Å²) in [6.45, 7) is 8.72. The van der Waals surface area contributed by atoms with Crippen LogP contribution in [0.3, 0.4) is 0 Å². The van der Waals surface area contributed by atoms with Crippen LogP contribution >= 0.6 is 11.3 Å². The Labute approximate surface area is 158 Å². The van der Waals surface area contributed by atoms with E-state index in [4.69, 9.17) is 11.3 Å². The molecule has 0 saturated heterocycles. The van der Waals surface area contributed by atoms with Gasteiger partial charge >= 0.3 is 5.56 Å². The first-order chi connectivity index (χ1) is 12.8. The molecule has 0 radical (unpaired) electrons. The van der Waals surface area contributed by atoms with Gasteiger partial charge in [0.15, 0.2) is 16.6 Å². The molecule has 144 valence electrons. The van der Waals surface area contributed by atoms with Crippen LogP contribution < -0.4 is 15.6 Å². The molecule has 1 aliphatic carbocycles. The van der Waals surface area contributed by atoms with Crippen LogP contribution in [0.2, 0.25) is 0 Å². The lowest BCUT2D eigenvalue weighted by molar-refractivity contribution is -0.0361. The van der Waals surface area contributed by atoms with Crippen molar-refractivity contribution in [1.29, 1.82) is 0 Å². The molecule has 0 aliphatic heterocycles. The maximum Gasteiger partial charge on any atom is 0.304 e. The van der Waals surface area contributed by atoms with E-state index in [-0.39, 0.29) is 55.8 Å². The van der Waals surface area contributed by atoms with E-state index in [0.717, 1.165) is 5.69 Å². The van der Waals surface area contributed by atoms with E-state index in [1.54, 1.807) is 0 Å². The summed E-state index contributed by atoms with van der Waals surface area (Å²) in [6.07, 6.45) is 0.129. The van der Waals surface area contributed by atoms with E-state index in [1.807, 2.05) is 12.3 Å². The molecule has 1 N–H and O–H groups in total. The topological polar surface area (TPSA) is 73.4 Å². The number of nitrogens with zero attached hydrogens (tertiary/aromatic N) is 4. The number of nitrogens with one attached hydrogen (secondary N) is 1. The van der Waals surface area contributed by atoms with Gasteiger partial charge < -0.3 is 10.1 Å². The third-order valence-corrected chi connectivity index (χ3v) is 5.37. The predicted molar refractivity (Wildman–Crippen MR) is 98.3 cm³/mol. The minimum absolute atomic E-state index is 0.0342. The maximum atomic E-state index is 13.4. The van der Waals surface area contributed by atoms with Gasteiger partial charge in [0.05, 0.1) is 7.11 Å². The normalized spacial score (nSPS) is 16.7. The van der Waals surface area contributed by atoms with Crippen molar-refractivity contribution in [3.8, 4) is 16.6 Å². The van der Waals surface area contributed by atoms with Gasteiger partial charge in [-0.1, -0.05) is 0 Å². The number of anilines is 1. The van der Waals surface area contributed by atoms with E-state index in [9.17, 15) is 13.6 Å². The number of halogens is 2. The molecule has 2 aromatic heterocycles. The van der Waals surface area contributed by atoms with Crippen molar-refractivity contribution in [3.05, 3.63) is 32.8 Å². The van der Waals surface area contributed by atoms with Crippen LogP contribution in [0, 0.1) is 13.5 Å². The quantitative estimate of drug-likeness (QED) is 0.784. The molecular weight excluding hydrogens is 376 g/mol. The SMILES string of the molecule is [C-]#[N+]Cn1c(-c2nc(C)cs2)nc(NC2CCC(F)(F)CC2)c(OC)c1=O. The average Bonchev–Trinajstić information content (AvgIpc) is 3.05. The van der Waals surface area contributed by atoms with Crippen molar-refractivity contribution in [1.82, 2.24) is 14.5 Å². The number of rotatable bonds is 5. The summed E-state index contributed by atoms with van der Waals surface area (Å²) in [5.41, 5.74) is 0.272. The molecule has 1 fully saturated rings. The smallest absolute Gasteiger partial charge is 0.304 e. The highest BCUT2D eigenvalue weighted by Gasteiger charge is 2.35. The molecule has 7 nitrogen and oxygen atoms in total. The number of ether oxygens (including phenoxy) is 1. The van der Waals surface area contributed by atoms with Crippen molar-refractivity contribution in [3.63, 3.8) is 0 Å². The molecule has 1 saturated carbocycles. The fourth-order valence-electron chi connectivity index (χ4n) is 3.02. The van der Waals surface area contributed by atoms with Gasteiger partial charge in [0, 0.05) is 30.0 Å². The summed E-state index contributed by atoms with van der Waals surface area (Å²) in [5.74, 6) is -2.22. The number of methoxy groups -OCH3 is 1. The summed E-state index contributed by atoms with van der Waals surface area (Å²) in [7, 11) is 1.34. The molecule has 3 rings (SSSR count). The molecule has 0 amide bonds. The van der Waals surface area contributed by atoms with Gasteiger partial charge in [-0.05, 0) is 19.8 Å². The lowest BCUT2D eigenvalue weighted by Gasteiger charge is -2.29. The monoisotopic (exact) mass is 395 g/mol. The predicted octanol–water partition coefficient (Wildman–Crippen LogP) is 3.55. The third kappa shape index (κ3) is 4.08. The Balaban J connectivity index is 2.02. The number of aryl methyl sites for hydroxylation is 1. The molecular formula is C17H19F2N5O2S. The zero-order valence-electron chi connectivity index (χ0n) is 15.0. The highest BCUT2D eigenvalue weighted by atomic mass is 32.1. The number of hydrogen-bond donors (Lipinski definition) is 1.